The standard InChI is InChI=1S/C26H44O6S/c1-15(2)24(32-33(29,30)31)10-5-16(3)19-6-7-21-20(19)8-9-22-25(21)23(28)14-17-13-18(27)11-12-26(17,22)4/h15-17,19-25,28H,5-14H2,1-4H3,(H,29,30,31)/t16-,17-,19-,20?,21?,22?,23-,24-,25?,26+/m1/s1. The van der Waals surface area contributed by atoms with E-state index >= 15 is 0 Å². The van der Waals surface area contributed by atoms with Gasteiger partial charge in [0.05, 0.1) is 12.2 Å². The molecule has 0 radical (unpaired) electrons. The van der Waals surface area contributed by atoms with Crippen LogP contribution in [0.15, 0.2) is 0 Å². The van der Waals surface area contributed by atoms with Gasteiger partial charge in [-0.15, -0.1) is 0 Å². The lowest BCUT2D eigenvalue weighted by molar-refractivity contribution is -0.156. The second-order valence-electron chi connectivity index (χ2n) is 12.4. The van der Waals surface area contributed by atoms with Gasteiger partial charge in [-0.2, -0.15) is 8.42 Å². The fourth-order valence-corrected chi connectivity index (χ4v) is 9.36. The highest BCUT2D eigenvalue weighted by atomic mass is 32.3. The summed E-state index contributed by atoms with van der Waals surface area (Å²) in [5.74, 6) is 3.88. The zero-order chi connectivity index (χ0) is 24.1. The summed E-state index contributed by atoms with van der Waals surface area (Å²) in [6, 6.07) is 0. The first kappa shape index (κ1) is 25.6. The van der Waals surface area contributed by atoms with Gasteiger partial charge in [0, 0.05) is 12.8 Å². The molecule has 4 fully saturated rings. The van der Waals surface area contributed by atoms with E-state index in [0.717, 1.165) is 25.7 Å². The van der Waals surface area contributed by atoms with Crippen LogP contribution < -0.4 is 0 Å². The van der Waals surface area contributed by atoms with Crippen LogP contribution in [0.4, 0.5) is 0 Å². The predicted octanol–water partition coefficient (Wildman–Crippen LogP) is 5.06. The Morgan fingerprint density at radius 1 is 1.09 bits per heavy atom. The first-order valence-electron chi connectivity index (χ1n) is 13.3. The SMILES string of the molecule is CC(C)[C@@H](CC[C@@H](C)[C@H]1CCC2C3C(CCC21)[C@@]1(C)CCC(=O)C[C@@H]1C[C@H]3O)OS(=O)(=O)O. The van der Waals surface area contributed by atoms with Crippen LogP contribution in [0.2, 0.25) is 0 Å². The Hall–Kier alpha value is -0.500. The molecular formula is C26H44O6S. The molecule has 0 spiro atoms. The minimum Gasteiger partial charge on any atom is -0.393 e. The summed E-state index contributed by atoms with van der Waals surface area (Å²) in [6.07, 6.45) is 8.59. The predicted molar refractivity (Wildman–Crippen MR) is 127 cm³/mol. The van der Waals surface area contributed by atoms with E-state index in [9.17, 15) is 18.3 Å². The van der Waals surface area contributed by atoms with E-state index in [1.165, 1.54) is 19.3 Å². The lowest BCUT2D eigenvalue weighted by Crippen LogP contribution is -2.56. The van der Waals surface area contributed by atoms with Crippen molar-refractivity contribution in [2.45, 2.75) is 104 Å². The molecule has 7 heteroatoms. The third kappa shape index (κ3) is 5.07. The first-order valence-corrected chi connectivity index (χ1v) is 14.6. The Bertz CT molecular complexity index is 825. The molecule has 0 aromatic heterocycles. The number of Topliss-reactive ketones (excluding diaryl/α,β-unsaturated/α-hetero) is 1. The zero-order valence-electron chi connectivity index (χ0n) is 20.8. The lowest BCUT2D eigenvalue weighted by atomic mass is 9.46. The highest BCUT2D eigenvalue weighted by molar-refractivity contribution is 7.80. The molecule has 4 rings (SSSR count). The van der Waals surface area contributed by atoms with Crippen molar-refractivity contribution in [3.63, 3.8) is 0 Å². The molecule has 0 aromatic carbocycles. The van der Waals surface area contributed by atoms with Crippen LogP contribution in [0.1, 0.15) is 91.9 Å². The number of hydrogen-bond acceptors (Lipinski definition) is 5. The molecule has 0 bridgehead atoms. The third-order valence-electron chi connectivity index (χ3n) is 10.5. The number of carbonyl (C=O) groups excluding carboxylic acids is 1. The second kappa shape index (κ2) is 9.51. The Morgan fingerprint density at radius 3 is 2.45 bits per heavy atom. The highest BCUT2D eigenvalue weighted by Gasteiger charge is 2.59. The second-order valence-corrected chi connectivity index (χ2v) is 13.5. The summed E-state index contributed by atoms with van der Waals surface area (Å²) in [7, 11) is -4.44. The van der Waals surface area contributed by atoms with Gasteiger partial charge in [0.2, 0.25) is 0 Å². The van der Waals surface area contributed by atoms with Crippen molar-refractivity contribution < 1.29 is 27.1 Å². The molecule has 0 saturated heterocycles. The summed E-state index contributed by atoms with van der Waals surface area (Å²) >= 11 is 0. The summed E-state index contributed by atoms with van der Waals surface area (Å²) in [5, 5.41) is 11.3. The molecule has 33 heavy (non-hydrogen) atoms. The van der Waals surface area contributed by atoms with Crippen LogP contribution >= 0.6 is 0 Å². The van der Waals surface area contributed by atoms with E-state index in [1.807, 2.05) is 13.8 Å². The Kier molecular flexibility index (Phi) is 7.38. The molecule has 4 aliphatic rings. The van der Waals surface area contributed by atoms with Gasteiger partial charge < -0.3 is 5.11 Å². The number of ketones is 1. The first-order chi connectivity index (χ1) is 15.4. The molecule has 6 nitrogen and oxygen atoms in total. The van der Waals surface area contributed by atoms with Crippen molar-refractivity contribution in [2.24, 2.45) is 52.8 Å². The Balaban J connectivity index is 1.42. The maximum atomic E-state index is 12.1. The van der Waals surface area contributed by atoms with Crippen molar-refractivity contribution >= 4 is 16.2 Å². The summed E-state index contributed by atoms with van der Waals surface area (Å²) in [4.78, 5) is 12.1. The van der Waals surface area contributed by atoms with E-state index in [0.29, 0.717) is 66.5 Å². The van der Waals surface area contributed by atoms with Gasteiger partial charge in [-0.05, 0) is 104 Å². The lowest BCUT2D eigenvalue weighted by Gasteiger charge is -2.59. The number of rotatable bonds is 7. The highest BCUT2D eigenvalue weighted by Crippen LogP contribution is 2.64. The van der Waals surface area contributed by atoms with Gasteiger partial charge in [-0.1, -0.05) is 27.7 Å². The van der Waals surface area contributed by atoms with Crippen LogP contribution in [0, 0.1) is 52.8 Å². The monoisotopic (exact) mass is 484 g/mol. The molecule has 0 amide bonds. The minimum atomic E-state index is -4.44. The number of carbonyl (C=O) groups is 1. The van der Waals surface area contributed by atoms with Crippen molar-refractivity contribution in [1.29, 1.82) is 0 Å². The average Bonchev–Trinajstić information content (AvgIpc) is 3.15. The topological polar surface area (TPSA) is 101 Å². The molecule has 0 aromatic rings. The molecule has 4 unspecified atom stereocenters. The van der Waals surface area contributed by atoms with E-state index in [4.69, 9.17) is 8.74 Å². The summed E-state index contributed by atoms with van der Waals surface area (Å²) in [6.45, 7) is 8.53. The minimum absolute atomic E-state index is 0.0133. The van der Waals surface area contributed by atoms with Gasteiger partial charge in [0.1, 0.15) is 5.78 Å². The van der Waals surface area contributed by atoms with E-state index in [2.05, 4.69) is 13.8 Å². The summed E-state index contributed by atoms with van der Waals surface area (Å²) in [5.41, 5.74) is 0.199. The van der Waals surface area contributed by atoms with E-state index < -0.39 is 16.5 Å². The van der Waals surface area contributed by atoms with Crippen molar-refractivity contribution in [2.75, 3.05) is 0 Å². The van der Waals surface area contributed by atoms with Crippen LogP contribution in [0.5, 0.6) is 0 Å². The summed E-state index contributed by atoms with van der Waals surface area (Å²) < 4.78 is 36.5. The number of aliphatic hydroxyl groups excluding tert-OH is 1. The Morgan fingerprint density at radius 2 is 1.79 bits per heavy atom. The molecule has 4 saturated carbocycles. The van der Waals surface area contributed by atoms with Crippen molar-refractivity contribution in [3.8, 4) is 0 Å². The van der Waals surface area contributed by atoms with Gasteiger partial charge in [-0.25, -0.2) is 4.18 Å². The number of hydrogen-bond donors (Lipinski definition) is 2. The molecule has 0 aliphatic heterocycles. The van der Waals surface area contributed by atoms with Crippen LogP contribution in [-0.4, -0.2) is 36.1 Å². The normalized spacial score (nSPS) is 43.0. The largest absolute Gasteiger partial charge is 0.397 e. The maximum absolute atomic E-state index is 12.1. The molecule has 190 valence electrons. The van der Waals surface area contributed by atoms with Gasteiger partial charge in [0.25, 0.3) is 0 Å². The zero-order valence-corrected chi connectivity index (χ0v) is 21.6. The fourth-order valence-electron chi connectivity index (χ4n) is 8.73. The van der Waals surface area contributed by atoms with Gasteiger partial charge in [0.15, 0.2) is 0 Å². The smallest absolute Gasteiger partial charge is 0.393 e. The average molecular weight is 485 g/mol. The van der Waals surface area contributed by atoms with Gasteiger partial charge in [-0.3, -0.25) is 9.35 Å². The fraction of sp³-hybridized carbons (Fsp3) is 0.962. The molecular weight excluding hydrogens is 440 g/mol. The molecule has 0 heterocycles. The van der Waals surface area contributed by atoms with E-state index in [-0.39, 0.29) is 17.4 Å². The van der Waals surface area contributed by atoms with Crippen LogP contribution in [-0.2, 0) is 19.4 Å². The van der Waals surface area contributed by atoms with Crippen molar-refractivity contribution in [1.82, 2.24) is 0 Å². The van der Waals surface area contributed by atoms with Crippen molar-refractivity contribution in [3.05, 3.63) is 0 Å². The van der Waals surface area contributed by atoms with Crippen LogP contribution in [0.3, 0.4) is 0 Å². The van der Waals surface area contributed by atoms with Gasteiger partial charge >= 0.3 is 10.4 Å². The van der Waals surface area contributed by atoms with Crippen LogP contribution in [0.25, 0.3) is 0 Å². The Labute approximate surface area is 200 Å². The number of aliphatic hydroxyl groups is 1. The molecule has 10 atom stereocenters. The molecule has 4 aliphatic carbocycles. The van der Waals surface area contributed by atoms with E-state index in [1.54, 1.807) is 0 Å². The number of fused-ring (bicyclic) bond motifs is 5. The maximum Gasteiger partial charge on any atom is 0.397 e. The third-order valence-corrected chi connectivity index (χ3v) is 11.0. The quantitative estimate of drug-likeness (QED) is 0.490. The molecule has 2 N–H and O–H groups in total.